The minimum absolute atomic E-state index is 0.0940. The summed E-state index contributed by atoms with van der Waals surface area (Å²) in [4.78, 5) is 11.0. The molecule has 0 N–H and O–H groups in total. The maximum Gasteiger partial charge on any atom is 0.161 e. The molecule has 104 valence electrons. The Hall–Kier alpha value is -1.77. The SMILES string of the molecule is COc1cc(C=C(C=O)C(C)C)ccc1OC(C)C. The summed E-state index contributed by atoms with van der Waals surface area (Å²) in [5.74, 6) is 1.60. The second kappa shape index (κ2) is 6.98. The molecule has 1 aromatic rings. The average molecular weight is 262 g/mol. The number of methoxy groups -OCH3 is 1. The number of benzene rings is 1. The molecule has 0 aliphatic rings. The molecule has 0 saturated carbocycles. The van der Waals surface area contributed by atoms with E-state index in [2.05, 4.69) is 0 Å². The summed E-state index contributed by atoms with van der Waals surface area (Å²) in [5.41, 5.74) is 1.70. The van der Waals surface area contributed by atoms with Crippen LogP contribution in [0.3, 0.4) is 0 Å². The summed E-state index contributed by atoms with van der Waals surface area (Å²) in [6, 6.07) is 5.67. The number of ether oxygens (including phenoxy) is 2. The lowest BCUT2D eigenvalue weighted by Crippen LogP contribution is -2.06. The van der Waals surface area contributed by atoms with Crippen molar-refractivity contribution in [1.29, 1.82) is 0 Å². The first-order valence-corrected chi connectivity index (χ1v) is 6.49. The Kier molecular flexibility index (Phi) is 5.61. The minimum atomic E-state index is 0.0940. The highest BCUT2D eigenvalue weighted by atomic mass is 16.5. The van der Waals surface area contributed by atoms with Gasteiger partial charge in [-0.05, 0) is 49.1 Å². The van der Waals surface area contributed by atoms with Crippen molar-refractivity contribution in [3.8, 4) is 11.5 Å². The highest BCUT2D eigenvalue weighted by Gasteiger charge is 2.08. The highest BCUT2D eigenvalue weighted by Crippen LogP contribution is 2.30. The quantitative estimate of drug-likeness (QED) is 0.579. The predicted molar refractivity (Wildman–Crippen MR) is 77.6 cm³/mol. The molecule has 0 saturated heterocycles. The normalized spacial score (nSPS) is 11.8. The lowest BCUT2D eigenvalue weighted by atomic mass is 10.0. The number of rotatable bonds is 6. The first-order chi connectivity index (χ1) is 8.97. The molecule has 0 radical (unpaired) electrons. The van der Waals surface area contributed by atoms with E-state index in [9.17, 15) is 4.79 Å². The Bertz CT molecular complexity index is 459. The third-order valence-corrected chi connectivity index (χ3v) is 2.69. The van der Waals surface area contributed by atoms with Gasteiger partial charge in [-0.25, -0.2) is 0 Å². The summed E-state index contributed by atoms with van der Waals surface area (Å²) in [7, 11) is 1.61. The van der Waals surface area contributed by atoms with E-state index in [0.717, 1.165) is 17.4 Å². The van der Waals surface area contributed by atoms with Gasteiger partial charge in [-0.3, -0.25) is 4.79 Å². The van der Waals surface area contributed by atoms with Gasteiger partial charge in [0.05, 0.1) is 13.2 Å². The molecule has 3 heteroatoms. The Morgan fingerprint density at radius 1 is 1.16 bits per heavy atom. The van der Waals surface area contributed by atoms with Gasteiger partial charge >= 0.3 is 0 Å². The van der Waals surface area contributed by atoms with Gasteiger partial charge in [-0.15, -0.1) is 0 Å². The van der Waals surface area contributed by atoms with Crippen molar-refractivity contribution in [3.63, 3.8) is 0 Å². The molecule has 0 amide bonds. The summed E-state index contributed by atoms with van der Waals surface area (Å²) < 4.78 is 11.0. The molecule has 0 fully saturated rings. The van der Waals surface area contributed by atoms with E-state index in [-0.39, 0.29) is 12.0 Å². The number of carbonyl (C=O) groups excluding carboxylic acids is 1. The van der Waals surface area contributed by atoms with E-state index >= 15 is 0 Å². The molecule has 0 spiro atoms. The fraction of sp³-hybridized carbons (Fsp3) is 0.438. The molecule has 0 heterocycles. The maximum absolute atomic E-state index is 11.0. The number of hydrogen-bond acceptors (Lipinski definition) is 3. The standard InChI is InChI=1S/C16H22O3/c1-11(2)14(10-17)8-13-6-7-15(19-12(3)4)16(9-13)18-5/h6-12H,1-5H3. The van der Waals surface area contributed by atoms with Crippen molar-refractivity contribution < 1.29 is 14.3 Å². The summed E-state index contributed by atoms with van der Waals surface area (Å²) in [5, 5.41) is 0. The monoisotopic (exact) mass is 262 g/mol. The molecule has 1 rings (SSSR count). The molecule has 3 nitrogen and oxygen atoms in total. The van der Waals surface area contributed by atoms with E-state index in [4.69, 9.17) is 9.47 Å². The van der Waals surface area contributed by atoms with Gasteiger partial charge in [0.2, 0.25) is 0 Å². The van der Waals surface area contributed by atoms with Crippen LogP contribution in [0.4, 0.5) is 0 Å². The summed E-state index contributed by atoms with van der Waals surface area (Å²) in [6.45, 7) is 7.93. The highest BCUT2D eigenvalue weighted by molar-refractivity contribution is 5.82. The van der Waals surface area contributed by atoms with Crippen LogP contribution in [0.2, 0.25) is 0 Å². The zero-order chi connectivity index (χ0) is 14.4. The van der Waals surface area contributed by atoms with Gasteiger partial charge in [0.25, 0.3) is 0 Å². The summed E-state index contributed by atoms with van der Waals surface area (Å²) in [6.07, 6.45) is 2.87. The predicted octanol–water partition coefficient (Wildman–Crippen LogP) is 3.72. The van der Waals surface area contributed by atoms with Crippen molar-refractivity contribution >= 4 is 12.4 Å². The molecule has 0 bridgehead atoms. The van der Waals surface area contributed by atoms with Crippen molar-refractivity contribution in [3.05, 3.63) is 29.3 Å². The van der Waals surface area contributed by atoms with Crippen molar-refractivity contribution in [2.45, 2.75) is 33.8 Å². The van der Waals surface area contributed by atoms with E-state index < -0.39 is 0 Å². The lowest BCUT2D eigenvalue weighted by molar-refractivity contribution is -0.105. The molecular formula is C16H22O3. The molecule has 0 unspecified atom stereocenters. The van der Waals surface area contributed by atoms with Gasteiger partial charge in [-0.2, -0.15) is 0 Å². The molecule has 0 aromatic heterocycles. The first kappa shape index (κ1) is 15.3. The van der Waals surface area contributed by atoms with E-state index in [1.54, 1.807) is 7.11 Å². The van der Waals surface area contributed by atoms with Crippen LogP contribution in [0, 0.1) is 5.92 Å². The first-order valence-electron chi connectivity index (χ1n) is 6.49. The Morgan fingerprint density at radius 2 is 1.84 bits per heavy atom. The second-order valence-electron chi connectivity index (χ2n) is 4.99. The van der Waals surface area contributed by atoms with Gasteiger partial charge in [0, 0.05) is 0 Å². The maximum atomic E-state index is 11.0. The van der Waals surface area contributed by atoms with E-state index in [0.29, 0.717) is 11.5 Å². The van der Waals surface area contributed by atoms with Gasteiger partial charge < -0.3 is 9.47 Å². The van der Waals surface area contributed by atoms with Crippen LogP contribution in [0.25, 0.3) is 6.08 Å². The number of aldehydes is 1. The van der Waals surface area contributed by atoms with E-state index in [1.807, 2.05) is 52.0 Å². The molecule has 19 heavy (non-hydrogen) atoms. The molecule has 1 aromatic carbocycles. The van der Waals surface area contributed by atoms with Crippen molar-refractivity contribution in [1.82, 2.24) is 0 Å². The zero-order valence-electron chi connectivity index (χ0n) is 12.3. The van der Waals surface area contributed by atoms with E-state index in [1.165, 1.54) is 0 Å². The van der Waals surface area contributed by atoms with Gasteiger partial charge in [0.15, 0.2) is 11.5 Å². The van der Waals surface area contributed by atoms with Crippen LogP contribution in [0.1, 0.15) is 33.3 Å². The average Bonchev–Trinajstić information content (AvgIpc) is 2.36. The smallest absolute Gasteiger partial charge is 0.161 e. The third kappa shape index (κ3) is 4.43. The Labute approximate surface area is 115 Å². The third-order valence-electron chi connectivity index (χ3n) is 2.69. The summed E-state index contributed by atoms with van der Waals surface area (Å²) >= 11 is 0. The topological polar surface area (TPSA) is 35.5 Å². The van der Waals surface area contributed by atoms with Crippen LogP contribution in [0.5, 0.6) is 11.5 Å². The molecular weight excluding hydrogens is 240 g/mol. The van der Waals surface area contributed by atoms with Crippen LogP contribution < -0.4 is 9.47 Å². The molecule has 0 aliphatic heterocycles. The zero-order valence-corrected chi connectivity index (χ0v) is 12.3. The Balaban J connectivity index is 3.09. The van der Waals surface area contributed by atoms with Gasteiger partial charge in [-0.1, -0.05) is 19.9 Å². The molecule has 0 atom stereocenters. The number of carbonyl (C=O) groups is 1. The van der Waals surface area contributed by atoms with Crippen LogP contribution in [-0.4, -0.2) is 19.5 Å². The van der Waals surface area contributed by atoms with Crippen molar-refractivity contribution in [2.24, 2.45) is 5.92 Å². The Morgan fingerprint density at radius 3 is 2.32 bits per heavy atom. The van der Waals surface area contributed by atoms with Crippen LogP contribution >= 0.6 is 0 Å². The minimum Gasteiger partial charge on any atom is -0.493 e. The number of hydrogen-bond donors (Lipinski definition) is 0. The number of allylic oxidation sites excluding steroid dienone is 1. The largest absolute Gasteiger partial charge is 0.493 e. The fourth-order valence-electron chi connectivity index (χ4n) is 1.65. The van der Waals surface area contributed by atoms with Crippen LogP contribution in [0.15, 0.2) is 23.8 Å². The molecule has 0 aliphatic carbocycles. The second-order valence-corrected chi connectivity index (χ2v) is 4.99. The van der Waals surface area contributed by atoms with Crippen molar-refractivity contribution in [2.75, 3.05) is 7.11 Å². The van der Waals surface area contributed by atoms with Crippen LogP contribution in [-0.2, 0) is 4.79 Å². The van der Waals surface area contributed by atoms with Gasteiger partial charge in [0.1, 0.15) is 6.29 Å². The lowest BCUT2D eigenvalue weighted by Gasteiger charge is -2.14. The fourth-order valence-corrected chi connectivity index (χ4v) is 1.65.